The van der Waals surface area contributed by atoms with E-state index in [0.29, 0.717) is 18.7 Å². The number of aryl methyl sites for hydroxylation is 1. The molecule has 2 amide bonds. The van der Waals surface area contributed by atoms with E-state index in [1.165, 1.54) is 5.56 Å². The van der Waals surface area contributed by atoms with Crippen molar-refractivity contribution < 1.29 is 14.3 Å². The fourth-order valence-electron chi connectivity index (χ4n) is 4.69. The molecule has 1 N–H and O–H groups in total. The minimum Gasteiger partial charge on any atom is -0.379 e. The van der Waals surface area contributed by atoms with Crippen LogP contribution in [0, 0.1) is 0 Å². The van der Waals surface area contributed by atoms with Gasteiger partial charge in [-0.2, -0.15) is 0 Å². The van der Waals surface area contributed by atoms with Gasteiger partial charge in [0.15, 0.2) is 0 Å². The van der Waals surface area contributed by atoms with Crippen molar-refractivity contribution in [1.82, 2.24) is 15.1 Å². The van der Waals surface area contributed by atoms with Crippen LogP contribution in [0.5, 0.6) is 0 Å². The van der Waals surface area contributed by atoms with Crippen molar-refractivity contribution in [2.24, 2.45) is 0 Å². The molecule has 0 aliphatic carbocycles. The molecule has 0 aromatic heterocycles. The summed E-state index contributed by atoms with van der Waals surface area (Å²) in [7, 11) is 0. The SMILES string of the molecule is CCc1ccc(C(=O)N2CCC[C@@H](c3cccc(C(=O)NCCN4CCOCC4)c3)C2)cc1. The first kappa shape index (κ1) is 23.5. The first-order valence-corrected chi connectivity index (χ1v) is 12.2. The predicted molar refractivity (Wildman–Crippen MR) is 130 cm³/mol. The van der Waals surface area contributed by atoms with Gasteiger partial charge in [0, 0.05) is 56.3 Å². The molecule has 0 bridgehead atoms. The van der Waals surface area contributed by atoms with Crippen LogP contribution < -0.4 is 5.32 Å². The van der Waals surface area contributed by atoms with E-state index in [2.05, 4.69) is 23.2 Å². The van der Waals surface area contributed by atoms with E-state index in [9.17, 15) is 9.59 Å². The molecule has 2 aliphatic rings. The van der Waals surface area contributed by atoms with Gasteiger partial charge in [0.05, 0.1) is 13.2 Å². The number of hydrogen-bond donors (Lipinski definition) is 1. The Bertz CT molecular complexity index is 938. The highest BCUT2D eigenvalue weighted by Gasteiger charge is 2.26. The maximum atomic E-state index is 13.1. The van der Waals surface area contributed by atoms with Crippen LogP contribution in [-0.2, 0) is 11.2 Å². The van der Waals surface area contributed by atoms with Crippen molar-refractivity contribution >= 4 is 11.8 Å². The lowest BCUT2D eigenvalue weighted by Gasteiger charge is -2.33. The maximum Gasteiger partial charge on any atom is 0.253 e. The average molecular weight is 450 g/mol. The zero-order valence-corrected chi connectivity index (χ0v) is 19.6. The Morgan fingerprint density at radius 3 is 2.58 bits per heavy atom. The molecule has 2 fully saturated rings. The summed E-state index contributed by atoms with van der Waals surface area (Å²) in [6.07, 6.45) is 2.97. The van der Waals surface area contributed by atoms with Crippen molar-refractivity contribution in [2.45, 2.75) is 32.1 Å². The molecule has 6 nitrogen and oxygen atoms in total. The van der Waals surface area contributed by atoms with Crippen molar-refractivity contribution in [3.05, 3.63) is 70.8 Å². The summed E-state index contributed by atoms with van der Waals surface area (Å²) >= 11 is 0. The molecule has 1 atom stereocenters. The van der Waals surface area contributed by atoms with Gasteiger partial charge in [0.25, 0.3) is 11.8 Å². The third kappa shape index (κ3) is 6.21. The Balaban J connectivity index is 1.34. The van der Waals surface area contributed by atoms with E-state index in [4.69, 9.17) is 4.74 Å². The number of rotatable bonds is 7. The molecular weight excluding hydrogens is 414 g/mol. The molecule has 2 aromatic carbocycles. The number of piperidine rings is 1. The normalized spacial score (nSPS) is 19.3. The fourth-order valence-corrected chi connectivity index (χ4v) is 4.69. The Hall–Kier alpha value is -2.70. The highest BCUT2D eigenvalue weighted by Crippen LogP contribution is 2.28. The summed E-state index contributed by atoms with van der Waals surface area (Å²) in [6.45, 7) is 8.44. The number of hydrogen-bond acceptors (Lipinski definition) is 4. The van der Waals surface area contributed by atoms with Gasteiger partial charge in [-0.25, -0.2) is 0 Å². The lowest BCUT2D eigenvalue weighted by atomic mass is 9.89. The molecule has 176 valence electrons. The topological polar surface area (TPSA) is 61.9 Å². The third-order valence-electron chi connectivity index (χ3n) is 6.76. The van der Waals surface area contributed by atoms with Gasteiger partial charge in [-0.05, 0) is 54.7 Å². The van der Waals surface area contributed by atoms with E-state index in [-0.39, 0.29) is 17.7 Å². The highest BCUT2D eigenvalue weighted by atomic mass is 16.5. The Kier molecular flexibility index (Phi) is 8.13. The molecule has 33 heavy (non-hydrogen) atoms. The lowest BCUT2D eigenvalue weighted by Crippen LogP contribution is -2.41. The number of amides is 2. The van der Waals surface area contributed by atoms with Crippen LogP contribution in [0.3, 0.4) is 0 Å². The highest BCUT2D eigenvalue weighted by molar-refractivity contribution is 5.95. The number of carbonyl (C=O) groups is 2. The number of ether oxygens (including phenoxy) is 1. The number of likely N-dealkylation sites (tertiary alicyclic amines) is 1. The number of benzene rings is 2. The lowest BCUT2D eigenvalue weighted by molar-refractivity contribution is 0.0383. The van der Waals surface area contributed by atoms with Gasteiger partial charge in [-0.3, -0.25) is 14.5 Å². The Labute approximate surface area is 196 Å². The molecule has 4 rings (SSSR count). The molecule has 2 heterocycles. The van der Waals surface area contributed by atoms with Crippen LogP contribution in [0.25, 0.3) is 0 Å². The first-order valence-electron chi connectivity index (χ1n) is 12.2. The number of carbonyl (C=O) groups excluding carboxylic acids is 2. The monoisotopic (exact) mass is 449 g/mol. The number of morpholine rings is 1. The van der Waals surface area contributed by atoms with Crippen LogP contribution in [0.2, 0.25) is 0 Å². The van der Waals surface area contributed by atoms with E-state index in [0.717, 1.165) is 69.8 Å². The second kappa shape index (κ2) is 11.4. The minimum atomic E-state index is -0.0372. The van der Waals surface area contributed by atoms with Crippen LogP contribution in [0.1, 0.15) is 57.5 Å². The minimum absolute atomic E-state index is 0.0372. The molecule has 0 saturated carbocycles. The van der Waals surface area contributed by atoms with Crippen LogP contribution in [0.15, 0.2) is 48.5 Å². The van der Waals surface area contributed by atoms with Crippen LogP contribution in [0.4, 0.5) is 0 Å². The van der Waals surface area contributed by atoms with Crippen molar-refractivity contribution in [3.63, 3.8) is 0 Å². The third-order valence-corrected chi connectivity index (χ3v) is 6.76. The maximum absolute atomic E-state index is 13.1. The number of nitrogens with zero attached hydrogens (tertiary/aromatic N) is 2. The molecule has 2 aromatic rings. The average Bonchev–Trinajstić information content (AvgIpc) is 2.89. The quantitative estimate of drug-likeness (QED) is 0.704. The molecule has 0 spiro atoms. The smallest absolute Gasteiger partial charge is 0.253 e. The molecule has 0 radical (unpaired) electrons. The van der Waals surface area contributed by atoms with Gasteiger partial charge in [0.1, 0.15) is 0 Å². The Morgan fingerprint density at radius 1 is 1.03 bits per heavy atom. The van der Waals surface area contributed by atoms with Crippen LogP contribution in [-0.4, -0.2) is 74.1 Å². The fraction of sp³-hybridized carbons (Fsp3) is 0.481. The van der Waals surface area contributed by atoms with E-state index in [1.807, 2.05) is 47.4 Å². The summed E-state index contributed by atoms with van der Waals surface area (Å²) in [5.74, 6) is 0.308. The molecule has 2 saturated heterocycles. The number of nitrogens with one attached hydrogen (secondary N) is 1. The van der Waals surface area contributed by atoms with Crippen LogP contribution >= 0.6 is 0 Å². The van der Waals surface area contributed by atoms with E-state index < -0.39 is 0 Å². The summed E-state index contributed by atoms with van der Waals surface area (Å²) in [4.78, 5) is 30.0. The predicted octanol–water partition coefficient (Wildman–Crippen LogP) is 3.33. The molecule has 6 heteroatoms. The van der Waals surface area contributed by atoms with Crippen molar-refractivity contribution in [3.8, 4) is 0 Å². The molecule has 2 aliphatic heterocycles. The van der Waals surface area contributed by atoms with Gasteiger partial charge in [-0.15, -0.1) is 0 Å². The zero-order chi connectivity index (χ0) is 23.0. The van der Waals surface area contributed by atoms with Gasteiger partial charge in [-0.1, -0.05) is 31.2 Å². The van der Waals surface area contributed by atoms with E-state index >= 15 is 0 Å². The zero-order valence-electron chi connectivity index (χ0n) is 19.6. The summed E-state index contributed by atoms with van der Waals surface area (Å²) in [5, 5.41) is 3.05. The van der Waals surface area contributed by atoms with Gasteiger partial charge in [0.2, 0.25) is 0 Å². The Morgan fingerprint density at radius 2 is 1.82 bits per heavy atom. The summed E-state index contributed by atoms with van der Waals surface area (Å²) in [5.41, 5.74) is 3.81. The van der Waals surface area contributed by atoms with Gasteiger partial charge >= 0.3 is 0 Å². The molecule has 0 unspecified atom stereocenters. The summed E-state index contributed by atoms with van der Waals surface area (Å²) in [6, 6.07) is 15.9. The first-order chi connectivity index (χ1) is 16.1. The second-order valence-corrected chi connectivity index (χ2v) is 8.98. The largest absolute Gasteiger partial charge is 0.379 e. The molecular formula is C27H35N3O3. The summed E-state index contributed by atoms with van der Waals surface area (Å²) < 4.78 is 5.37. The standard InChI is InChI=1S/C27H35N3O3/c1-2-21-8-10-22(11-9-21)27(32)30-13-4-7-25(20-30)23-5-3-6-24(19-23)26(31)28-12-14-29-15-17-33-18-16-29/h3,5-6,8-11,19,25H,2,4,7,12-18,20H2,1H3,(H,28,31)/t25-/m1/s1. The van der Waals surface area contributed by atoms with Gasteiger partial charge < -0.3 is 15.0 Å². The van der Waals surface area contributed by atoms with Crippen molar-refractivity contribution in [2.75, 3.05) is 52.5 Å². The van der Waals surface area contributed by atoms with Crippen molar-refractivity contribution in [1.29, 1.82) is 0 Å². The second-order valence-electron chi connectivity index (χ2n) is 8.98. The van der Waals surface area contributed by atoms with E-state index in [1.54, 1.807) is 0 Å².